The first-order valence-corrected chi connectivity index (χ1v) is 7.00. The van der Waals surface area contributed by atoms with Gasteiger partial charge < -0.3 is 9.47 Å². The molecular formula is C8H19ClO2Si. The van der Waals surface area contributed by atoms with Crippen LogP contribution in [-0.4, -0.2) is 35.9 Å². The van der Waals surface area contributed by atoms with Crippen LogP contribution in [0, 0.1) is 0 Å². The first kappa shape index (κ1) is 12.4. The average molecular weight is 211 g/mol. The summed E-state index contributed by atoms with van der Waals surface area (Å²) in [6, 6.07) is 2.65. The van der Waals surface area contributed by atoms with Gasteiger partial charge in [0.05, 0.1) is 0 Å². The highest BCUT2D eigenvalue weighted by Gasteiger charge is 2.03. The molecule has 0 aliphatic carbocycles. The Hall–Kier alpha value is 0.427. The van der Waals surface area contributed by atoms with E-state index in [9.17, 15) is 0 Å². The van der Waals surface area contributed by atoms with Crippen LogP contribution in [0.25, 0.3) is 0 Å². The molecule has 0 heterocycles. The molecule has 0 amide bonds. The lowest BCUT2D eigenvalue weighted by Crippen LogP contribution is -2.13. The molecule has 0 spiro atoms. The van der Waals surface area contributed by atoms with Crippen molar-refractivity contribution in [3.63, 3.8) is 0 Å². The first-order valence-electron chi connectivity index (χ1n) is 4.46. The first-order chi connectivity index (χ1) is 5.85. The van der Waals surface area contributed by atoms with E-state index >= 15 is 0 Å². The molecule has 0 rings (SSSR count). The third-order valence-corrected chi connectivity index (χ3v) is 4.02. The minimum atomic E-state index is 0.00787. The van der Waals surface area contributed by atoms with Crippen molar-refractivity contribution >= 4 is 21.1 Å². The molecule has 0 saturated carbocycles. The Morgan fingerprint density at radius 3 is 2.42 bits per heavy atom. The molecule has 0 atom stereocenters. The van der Waals surface area contributed by atoms with E-state index < -0.39 is 0 Å². The average Bonchev–Trinajstić information content (AvgIpc) is 2.11. The molecule has 0 bridgehead atoms. The summed E-state index contributed by atoms with van der Waals surface area (Å²) in [5, 5.41) is 0. The lowest BCUT2D eigenvalue weighted by molar-refractivity contribution is -0.103. The Labute approximate surface area is 82.4 Å². The van der Waals surface area contributed by atoms with Crippen molar-refractivity contribution in [2.45, 2.75) is 31.2 Å². The van der Waals surface area contributed by atoms with Crippen molar-refractivity contribution in [1.82, 2.24) is 0 Å². The maximum atomic E-state index is 5.57. The fourth-order valence-electron chi connectivity index (χ4n) is 1.09. The molecule has 0 unspecified atom stereocenters. The SMILES string of the molecule is COC(CC[SiH2]CCCCl)OC. The molecule has 0 aromatic rings. The number of hydrogen-bond acceptors (Lipinski definition) is 2. The van der Waals surface area contributed by atoms with Crippen LogP contribution in [0.1, 0.15) is 12.8 Å². The number of methoxy groups -OCH3 is 2. The van der Waals surface area contributed by atoms with Crippen LogP contribution in [0.2, 0.25) is 12.1 Å². The van der Waals surface area contributed by atoms with E-state index in [4.69, 9.17) is 21.1 Å². The van der Waals surface area contributed by atoms with Crippen LogP contribution in [0.3, 0.4) is 0 Å². The zero-order chi connectivity index (χ0) is 9.23. The molecule has 0 aliphatic heterocycles. The Balaban J connectivity index is 3.06. The predicted octanol–water partition coefficient (Wildman–Crippen LogP) is 1.63. The maximum absolute atomic E-state index is 5.57. The molecule has 0 radical (unpaired) electrons. The topological polar surface area (TPSA) is 18.5 Å². The van der Waals surface area contributed by atoms with Crippen LogP contribution in [0.15, 0.2) is 0 Å². The Morgan fingerprint density at radius 1 is 1.25 bits per heavy atom. The van der Waals surface area contributed by atoms with Gasteiger partial charge in [-0.3, -0.25) is 0 Å². The monoisotopic (exact) mass is 210 g/mol. The standard InChI is InChI=1S/C8H19ClO2Si/c1-10-8(11-2)4-7-12-6-3-5-9/h8H,3-7,12H2,1-2H3. The molecule has 12 heavy (non-hydrogen) atoms. The molecule has 0 fully saturated rings. The van der Waals surface area contributed by atoms with E-state index in [1.165, 1.54) is 18.5 Å². The third kappa shape index (κ3) is 7.10. The second-order valence-electron chi connectivity index (χ2n) is 2.79. The van der Waals surface area contributed by atoms with Gasteiger partial charge in [0.1, 0.15) is 0 Å². The van der Waals surface area contributed by atoms with E-state index in [-0.39, 0.29) is 15.8 Å². The van der Waals surface area contributed by atoms with E-state index in [1.807, 2.05) is 0 Å². The van der Waals surface area contributed by atoms with Crippen molar-refractivity contribution in [2.75, 3.05) is 20.1 Å². The van der Waals surface area contributed by atoms with E-state index in [1.54, 1.807) is 14.2 Å². The van der Waals surface area contributed by atoms with E-state index in [0.717, 1.165) is 12.3 Å². The van der Waals surface area contributed by atoms with Gasteiger partial charge in [-0.25, -0.2) is 0 Å². The van der Waals surface area contributed by atoms with Gasteiger partial charge in [-0.2, -0.15) is 0 Å². The highest BCUT2D eigenvalue weighted by molar-refractivity contribution is 6.35. The molecule has 74 valence electrons. The van der Waals surface area contributed by atoms with Gasteiger partial charge in [0, 0.05) is 29.6 Å². The lowest BCUT2D eigenvalue weighted by atomic mass is 10.5. The van der Waals surface area contributed by atoms with Crippen molar-refractivity contribution in [3.8, 4) is 0 Å². The minimum Gasteiger partial charge on any atom is -0.356 e. The van der Waals surface area contributed by atoms with Gasteiger partial charge in [-0.05, 0) is 12.8 Å². The lowest BCUT2D eigenvalue weighted by Gasteiger charge is -2.12. The minimum absolute atomic E-state index is 0.00787. The largest absolute Gasteiger partial charge is 0.356 e. The summed E-state index contributed by atoms with van der Waals surface area (Å²) in [7, 11) is 3.47. The highest BCUT2D eigenvalue weighted by Crippen LogP contribution is 2.04. The summed E-state index contributed by atoms with van der Waals surface area (Å²) >= 11 is 5.57. The quantitative estimate of drug-likeness (QED) is 0.263. The van der Waals surface area contributed by atoms with Crippen molar-refractivity contribution in [1.29, 1.82) is 0 Å². The zero-order valence-electron chi connectivity index (χ0n) is 8.01. The van der Waals surface area contributed by atoms with Crippen LogP contribution in [0.4, 0.5) is 0 Å². The summed E-state index contributed by atoms with van der Waals surface area (Å²) in [5.41, 5.74) is 0. The summed E-state index contributed by atoms with van der Waals surface area (Å²) in [6.07, 6.45) is 2.23. The number of halogens is 1. The summed E-state index contributed by atoms with van der Waals surface area (Å²) < 4.78 is 10.2. The van der Waals surface area contributed by atoms with Crippen molar-refractivity contribution in [3.05, 3.63) is 0 Å². The number of ether oxygens (including phenoxy) is 2. The fourth-order valence-corrected chi connectivity index (χ4v) is 3.18. The molecule has 0 aromatic carbocycles. The Bertz CT molecular complexity index is 89.1. The van der Waals surface area contributed by atoms with E-state index in [2.05, 4.69) is 0 Å². The van der Waals surface area contributed by atoms with Gasteiger partial charge in [-0.15, -0.1) is 11.6 Å². The van der Waals surface area contributed by atoms with Gasteiger partial charge in [0.25, 0.3) is 0 Å². The summed E-state index contributed by atoms with van der Waals surface area (Å²) in [4.78, 5) is 0. The molecule has 0 aromatic heterocycles. The number of hydrogen-bond donors (Lipinski definition) is 0. The Kier molecular flexibility index (Phi) is 9.85. The van der Waals surface area contributed by atoms with Gasteiger partial charge in [0.2, 0.25) is 0 Å². The normalized spacial score (nSPS) is 12.0. The summed E-state index contributed by atoms with van der Waals surface area (Å²) in [5.74, 6) is 0.811. The molecule has 2 nitrogen and oxygen atoms in total. The third-order valence-electron chi connectivity index (χ3n) is 1.85. The van der Waals surface area contributed by atoms with Crippen LogP contribution >= 0.6 is 11.6 Å². The second kappa shape index (κ2) is 9.51. The fraction of sp³-hybridized carbons (Fsp3) is 1.00. The maximum Gasteiger partial charge on any atom is 0.156 e. The van der Waals surface area contributed by atoms with Gasteiger partial charge >= 0.3 is 0 Å². The van der Waals surface area contributed by atoms with Gasteiger partial charge in [-0.1, -0.05) is 12.1 Å². The molecule has 0 N–H and O–H groups in total. The van der Waals surface area contributed by atoms with Crippen LogP contribution in [0.5, 0.6) is 0 Å². The van der Waals surface area contributed by atoms with Gasteiger partial charge in [0.15, 0.2) is 6.29 Å². The molecule has 4 heteroatoms. The second-order valence-corrected chi connectivity index (χ2v) is 5.29. The van der Waals surface area contributed by atoms with Crippen molar-refractivity contribution < 1.29 is 9.47 Å². The van der Waals surface area contributed by atoms with Crippen LogP contribution in [-0.2, 0) is 9.47 Å². The van der Waals surface area contributed by atoms with Crippen LogP contribution < -0.4 is 0 Å². The zero-order valence-corrected chi connectivity index (χ0v) is 10.2. The molecule has 0 saturated heterocycles. The summed E-state index contributed by atoms with van der Waals surface area (Å²) in [6.45, 7) is 0. The van der Waals surface area contributed by atoms with Crippen molar-refractivity contribution in [2.24, 2.45) is 0 Å². The predicted molar refractivity (Wildman–Crippen MR) is 55.9 cm³/mol. The molecular weight excluding hydrogens is 192 g/mol. The number of alkyl halides is 1. The highest BCUT2D eigenvalue weighted by atomic mass is 35.5. The molecule has 0 aliphatic rings. The smallest absolute Gasteiger partial charge is 0.156 e. The Morgan fingerprint density at radius 2 is 1.92 bits per heavy atom. The van der Waals surface area contributed by atoms with E-state index in [0.29, 0.717) is 0 Å². The number of rotatable bonds is 8.